The summed E-state index contributed by atoms with van der Waals surface area (Å²) in [6.07, 6.45) is 1.01. The second-order valence-electron chi connectivity index (χ2n) is 7.00. The Kier molecular flexibility index (Phi) is 4.55. The number of ether oxygens (including phenoxy) is 1. The monoisotopic (exact) mass is 343 g/mol. The number of amides is 1. The Morgan fingerprint density at radius 1 is 1.29 bits per heavy atom. The van der Waals surface area contributed by atoms with Crippen molar-refractivity contribution >= 4 is 17.5 Å². The van der Waals surface area contributed by atoms with Gasteiger partial charge in [-0.25, -0.2) is 0 Å². The van der Waals surface area contributed by atoms with Gasteiger partial charge in [-0.15, -0.1) is 0 Å². The SMILES string of the molecule is Cc1ccc2c(c1)[C@@H](NC(=O)Cc1ccccc1Cl)CC(C)(C)O2. The molecule has 2 aromatic carbocycles. The van der Waals surface area contributed by atoms with Crippen molar-refractivity contribution in [2.45, 2.75) is 45.3 Å². The largest absolute Gasteiger partial charge is 0.487 e. The third-order valence-corrected chi connectivity index (χ3v) is 4.64. The molecule has 126 valence electrons. The molecule has 0 radical (unpaired) electrons. The molecule has 24 heavy (non-hydrogen) atoms. The number of rotatable bonds is 3. The fourth-order valence-electron chi connectivity index (χ4n) is 3.16. The first kappa shape index (κ1) is 16.8. The van der Waals surface area contributed by atoms with Gasteiger partial charge in [-0.1, -0.05) is 47.5 Å². The van der Waals surface area contributed by atoms with E-state index < -0.39 is 0 Å². The minimum atomic E-state index is -0.315. The average molecular weight is 344 g/mol. The standard InChI is InChI=1S/C20H22ClNO2/c1-13-8-9-18-15(10-13)17(12-20(2,3)24-18)22-19(23)11-14-6-4-5-7-16(14)21/h4-10,17H,11-12H2,1-3H3,(H,22,23)/t17-/m0/s1. The van der Waals surface area contributed by atoms with Gasteiger partial charge >= 0.3 is 0 Å². The van der Waals surface area contributed by atoms with Crippen LogP contribution in [0, 0.1) is 6.92 Å². The zero-order valence-electron chi connectivity index (χ0n) is 14.2. The van der Waals surface area contributed by atoms with Crippen molar-refractivity contribution in [3.8, 4) is 5.75 Å². The summed E-state index contributed by atoms with van der Waals surface area (Å²) in [7, 11) is 0. The lowest BCUT2D eigenvalue weighted by molar-refractivity contribution is -0.121. The molecule has 1 atom stereocenters. The van der Waals surface area contributed by atoms with E-state index in [1.165, 1.54) is 0 Å². The van der Waals surface area contributed by atoms with E-state index in [-0.39, 0.29) is 24.0 Å². The van der Waals surface area contributed by atoms with E-state index in [1.807, 2.05) is 51.1 Å². The third-order valence-electron chi connectivity index (χ3n) is 4.27. The van der Waals surface area contributed by atoms with Crippen LogP contribution in [0.4, 0.5) is 0 Å². The maximum absolute atomic E-state index is 12.5. The van der Waals surface area contributed by atoms with E-state index in [9.17, 15) is 4.79 Å². The summed E-state index contributed by atoms with van der Waals surface area (Å²) >= 11 is 6.16. The summed E-state index contributed by atoms with van der Waals surface area (Å²) in [6, 6.07) is 13.5. The minimum Gasteiger partial charge on any atom is -0.487 e. The van der Waals surface area contributed by atoms with E-state index in [0.29, 0.717) is 5.02 Å². The number of carbonyl (C=O) groups is 1. The van der Waals surface area contributed by atoms with Crippen LogP contribution in [0.2, 0.25) is 5.02 Å². The molecule has 1 aliphatic heterocycles. The van der Waals surface area contributed by atoms with Gasteiger partial charge in [-0.2, -0.15) is 0 Å². The van der Waals surface area contributed by atoms with E-state index in [0.717, 1.165) is 28.9 Å². The first-order chi connectivity index (χ1) is 11.3. The number of fused-ring (bicyclic) bond motifs is 1. The van der Waals surface area contributed by atoms with E-state index in [2.05, 4.69) is 11.4 Å². The number of hydrogen-bond donors (Lipinski definition) is 1. The molecule has 4 heteroatoms. The lowest BCUT2D eigenvalue weighted by Crippen LogP contribution is -2.41. The molecule has 0 aliphatic carbocycles. The van der Waals surface area contributed by atoms with Crippen LogP contribution in [0.1, 0.15) is 43.0 Å². The Balaban J connectivity index is 1.80. The highest BCUT2D eigenvalue weighted by Gasteiger charge is 2.34. The zero-order valence-corrected chi connectivity index (χ0v) is 15.0. The topological polar surface area (TPSA) is 38.3 Å². The van der Waals surface area contributed by atoms with Gasteiger partial charge in [0.1, 0.15) is 11.4 Å². The summed E-state index contributed by atoms with van der Waals surface area (Å²) in [4.78, 5) is 12.5. The number of aryl methyl sites for hydroxylation is 1. The molecule has 3 nitrogen and oxygen atoms in total. The number of hydrogen-bond acceptors (Lipinski definition) is 2. The number of nitrogens with one attached hydrogen (secondary N) is 1. The molecule has 0 unspecified atom stereocenters. The van der Waals surface area contributed by atoms with Crippen LogP contribution in [0.25, 0.3) is 0 Å². The molecule has 1 amide bonds. The molecule has 1 aliphatic rings. The second kappa shape index (κ2) is 6.48. The summed E-state index contributed by atoms with van der Waals surface area (Å²) in [5, 5.41) is 3.78. The first-order valence-electron chi connectivity index (χ1n) is 8.16. The summed E-state index contributed by atoms with van der Waals surface area (Å²) in [5.41, 5.74) is 2.72. The van der Waals surface area contributed by atoms with Crippen molar-refractivity contribution in [1.82, 2.24) is 5.32 Å². The fourth-order valence-corrected chi connectivity index (χ4v) is 3.37. The van der Waals surface area contributed by atoms with Gasteiger partial charge in [0, 0.05) is 17.0 Å². The Morgan fingerprint density at radius 2 is 2.04 bits per heavy atom. The fraction of sp³-hybridized carbons (Fsp3) is 0.350. The van der Waals surface area contributed by atoms with Crippen molar-refractivity contribution in [3.05, 3.63) is 64.2 Å². The Morgan fingerprint density at radius 3 is 2.79 bits per heavy atom. The molecule has 1 N–H and O–H groups in total. The van der Waals surface area contributed by atoms with Gasteiger partial charge in [0.15, 0.2) is 0 Å². The van der Waals surface area contributed by atoms with Crippen LogP contribution in [-0.4, -0.2) is 11.5 Å². The first-order valence-corrected chi connectivity index (χ1v) is 8.54. The minimum absolute atomic E-state index is 0.0294. The van der Waals surface area contributed by atoms with Crippen molar-refractivity contribution < 1.29 is 9.53 Å². The van der Waals surface area contributed by atoms with Crippen LogP contribution in [-0.2, 0) is 11.2 Å². The van der Waals surface area contributed by atoms with Crippen LogP contribution < -0.4 is 10.1 Å². The molecule has 0 bridgehead atoms. The highest BCUT2D eigenvalue weighted by atomic mass is 35.5. The van der Waals surface area contributed by atoms with Crippen molar-refractivity contribution in [2.75, 3.05) is 0 Å². The number of halogens is 1. The highest BCUT2D eigenvalue weighted by Crippen LogP contribution is 2.39. The summed E-state index contributed by atoms with van der Waals surface area (Å²) in [6.45, 7) is 6.13. The Hall–Kier alpha value is -2.00. The maximum atomic E-state index is 12.5. The molecular weight excluding hydrogens is 322 g/mol. The quantitative estimate of drug-likeness (QED) is 0.883. The molecule has 0 saturated heterocycles. The summed E-state index contributed by atoms with van der Waals surface area (Å²) < 4.78 is 6.05. The Bertz CT molecular complexity index is 770. The molecule has 2 aromatic rings. The van der Waals surface area contributed by atoms with Gasteiger partial charge in [0.05, 0.1) is 12.5 Å². The molecule has 0 saturated carbocycles. The lowest BCUT2D eigenvalue weighted by atomic mass is 9.89. The number of carbonyl (C=O) groups excluding carboxylic acids is 1. The third kappa shape index (κ3) is 3.73. The van der Waals surface area contributed by atoms with E-state index in [1.54, 1.807) is 6.07 Å². The zero-order chi connectivity index (χ0) is 17.3. The molecular formula is C20H22ClNO2. The van der Waals surface area contributed by atoms with Crippen LogP contribution >= 0.6 is 11.6 Å². The van der Waals surface area contributed by atoms with E-state index in [4.69, 9.17) is 16.3 Å². The predicted octanol–water partition coefficient (Wildman–Crippen LogP) is 4.61. The van der Waals surface area contributed by atoms with Crippen LogP contribution in [0.15, 0.2) is 42.5 Å². The normalized spacial score (nSPS) is 18.4. The molecule has 0 fully saturated rings. The molecule has 3 rings (SSSR count). The Labute approximate surface area is 148 Å². The lowest BCUT2D eigenvalue weighted by Gasteiger charge is -2.38. The van der Waals surface area contributed by atoms with Crippen molar-refractivity contribution in [3.63, 3.8) is 0 Å². The van der Waals surface area contributed by atoms with Gasteiger partial charge in [0.2, 0.25) is 5.91 Å². The molecule has 0 spiro atoms. The maximum Gasteiger partial charge on any atom is 0.224 e. The summed E-state index contributed by atoms with van der Waals surface area (Å²) in [5.74, 6) is 0.818. The second-order valence-corrected chi connectivity index (χ2v) is 7.40. The average Bonchev–Trinajstić information content (AvgIpc) is 2.49. The van der Waals surface area contributed by atoms with Gasteiger partial charge in [-0.3, -0.25) is 4.79 Å². The number of benzene rings is 2. The van der Waals surface area contributed by atoms with Crippen LogP contribution in [0.3, 0.4) is 0 Å². The van der Waals surface area contributed by atoms with Gasteiger partial charge < -0.3 is 10.1 Å². The molecule has 1 heterocycles. The van der Waals surface area contributed by atoms with Gasteiger partial charge in [-0.05, 0) is 38.5 Å². The van der Waals surface area contributed by atoms with Gasteiger partial charge in [0.25, 0.3) is 0 Å². The van der Waals surface area contributed by atoms with Crippen LogP contribution in [0.5, 0.6) is 5.75 Å². The van der Waals surface area contributed by atoms with Crippen molar-refractivity contribution in [1.29, 1.82) is 0 Å². The predicted molar refractivity (Wildman–Crippen MR) is 96.5 cm³/mol. The smallest absolute Gasteiger partial charge is 0.224 e. The molecule has 0 aromatic heterocycles. The van der Waals surface area contributed by atoms with Crippen molar-refractivity contribution in [2.24, 2.45) is 0 Å². The highest BCUT2D eigenvalue weighted by molar-refractivity contribution is 6.31. The van der Waals surface area contributed by atoms with E-state index >= 15 is 0 Å².